The zero-order chi connectivity index (χ0) is 14.7. The molecule has 0 saturated heterocycles. The van der Waals surface area contributed by atoms with Crippen LogP contribution in [-0.2, 0) is 6.61 Å². The fraction of sp³-hybridized carbons (Fsp3) is 0.143. The van der Waals surface area contributed by atoms with Gasteiger partial charge in [0.2, 0.25) is 5.75 Å². The van der Waals surface area contributed by atoms with E-state index in [4.69, 9.17) is 16.3 Å². The molecule has 2 aromatic rings. The van der Waals surface area contributed by atoms with Gasteiger partial charge >= 0.3 is 5.69 Å². The van der Waals surface area contributed by atoms with Crippen molar-refractivity contribution >= 4 is 17.3 Å². The van der Waals surface area contributed by atoms with E-state index in [0.29, 0.717) is 21.9 Å². The Balaban J connectivity index is 2.48. The molecule has 0 amide bonds. The minimum Gasteiger partial charge on any atom is -0.450 e. The normalized spacial score (nSPS) is 10.3. The van der Waals surface area contributed by atoms with Gasteiger partial charge in [-0.3, -0.25) is 10.1 Å². The first-order chi connectivity index (χ1) is 9.54. The number of nitrogens with zero attached hydrogens (tertiary/aromatic N) is 1. The Morgan fingerprint density at radius 3 is 2.55 bits per heavy atom. The summed E-state index contributed by atoms with van der Waals surface area (Å²) in [5.74, 6) is 0.417. The lowest BCUT2D eigenvalue weighted by Gasteiger charge is -2.11. The third kappa shape index (κ3) is 2.74. The molecule has 0 bridgehead atoms. The molecular weight excluding hydrogens is 282 g/mol. The van der Waals surface area contributed by atoms with Crippen LogP contribution in [0.2, 0.25) is 5.02 Å². The van der Waals surface area contributed by atoms with Crippen molar-refractivity contribution in [3.63, 3.8) is 0 Å². The van der Waals surface area contributed by atoms with Crippen LogP contribution in [0.5, 0.6) is 11.5 Å². The van der Waals surface area contributed by atoms with Gasteiger partial charge in [-0.2, -0.15) is 0 Å². The van der Waals surface area contributed by atoms with Crippen LogP contribution < -0.4 is 4.74 Å². The number of hydrogen-bond donors (Lipinski definition) is 1. The average molecular weight is 294 g/mol. The third-order valence-corrected chi connectivity index (χ3v) is 3.19. The predicted molar refractivity (Wildman–Crippen MR) is 75.3 cm³/mol. The van der Waals surface area contributed by atoms with Gasteiger partial charge in [0, 0.05) is 16.1 Å². The summed E-state index contributed by atoms with van der Waals surface area (Å²) in [5.41, 5.74) is 0.793. The van der Waals surface area contributed by atoms with Crippen molar-refractivity contribution in [2.75, 3.05) is 0 Å². The van der Waals surface area contributed by atoms with Crippen LogP contribution in [0.1, 0.15) is 11.1 Å². The van der Waals surface area contributed by atoms with E-state index >= 15 is 0 Å². The Morgan fingerprint density at radius 2 is 1.90 bits per heavy atom. The monoisotopic (exact) mass is 293 g/mol. The van der Waals surface area contributed by atoms with Crippen LogP contribution in [0.25, 0.3) is 0 Å². The second-order valence-electron chi connectivity index (χ2n) is 4.16. The lowest BCUT2D eigenvalue weighted by molar-refractivity contribution is -0.386. The molecule has 0 aliphatic rings. The maximum Gasteiger partial charge on any atom is 0.314 e. The number of para-hydroxylation sites is 1. The number of hydrogen-bond acceptors (Lipinski definition) is 4. The van der Waals surface area contributed by atoms with Crippen LogP contribution in [0.3, 0.4) is 0 Å². The number of nitro groups is 1. The minimum atomic E-state index is -0.492. The van der Waals surface area contributed by atoms with Crippen molar-refractivity contribution in [3.8, 4) is 11.5 Å². The van der Waals surface area contributed by atoms with Crippen LogP contribution in [0.4, 0.5) is 5.69 Å². The molecule has 0 aromatic heterocycles. The predicted octanol–water partition coefficient (Wildman–Crippen LogP) is 3.84. The molecular formula is C14H12ClNO4. The van der Waals surface area contributed by atoms with Gasteiger partial charge in [-0.1, -0.05) is 29.8 Å². The zero-order valence-corrected chi connectivity index (χ0v) is 11.4. The van der Waals surface area contributed by atoms with Gasteiger partial charge in [0.25, 0.3) is 0 Å². The number of halogens is 1. The summed E-state index contributed by atoms with van der Waals surface area (Å²) in [5, 5.41) is 20.8. The first kappa shape index (κ1) is 14.3. The molecule has 0 radical (unpaired) electrons. The molecule has 0 aliphatic carbocycles. The number of rotatable bonds is 4. The number of aryl methyl sites for hydroxylation is 1. The van der Waals surface area contributed by atoms with Crippen molar-refractivity contribution in [2.24, 2.45) is 0 Å². The van der Waals surface area contributed by atoms with Gasteiger partial charge in [0.05, 0.1) is 11.5 Å². The van der Waals surface area contributed by atoms with E-state index in [-0.39, 0.29) is 18.0 Å². The van der Waals surface area contributed by atoms with E-state index < -0.39 is 4.92 Å². The average Bonchev–Trinajstić information content (AvgIpc) is 2.38. The molecule has 2 aromatic carbocycles. The first-order valence-electron chi connectivity index (χ1n) is 5.84. The fourth-order valence-electron chi connectivity index (χ4n) is 1.85. The van der Waals surface area contributed by atoms with Crippen LogP contribution >= 0.6 is 11.6 Å². The maximum atomic E-state index is 11.1. The van der Waals surface area contributed by atoms with Gasteiger partial charge in [-0.25, -0.2) is 0 Å². The second kappa shape index (κ2) is 5.90. The van der Waals surface area contributed by atoms with Crippen molar-refractivity contribution in [2.45, 2.75) is 13.5 Å². The number of benzene rings is 2. The van der Waals surface area contributed by atoms with Crippen LogP contribution in [0, 0.1) is 17.0 Å². The molecule has 0 aliphatic heterocycles. The Bertz CT molecular complexity index is 658. The Morgan fingerprint density at radius 1 is 1.25 bits per heavy atom. The topological polar surface area (TPSA) is 72.6 Å². The highest BCUT2D eigenvalue weighted by molar-refractivity contribution is 6.31. The molecule has 0 saturated carbocycles. The fourth-order valence-corrected chi connectivity index (χ4v) is 2.08. The molecule has 5 nitrogen and oxygen atoms in total. The van der Waals surface area contributed by atoms with Gasteiger partial charge < -0.3 is 9.84 Å². The van der Waals surface area contributed by atoms with Crippen molar-refractivity contribution in [1.29, 1.82) is 0 Å². The lowest BCUT2D eigenvalue weighted by Crippen LogP contribution is -1.98. The lowest BCUT2D eigenvalue weighted by atomic mass is 10.2. The molecule has 0 fully saturated rings. The molecule has 1 N–H and O–H groups in total. The Kier molecular flexibility index (Phi) is 4.22. The SMILES string of the molecule is Cc1cccc(Oc2cccc(Cl)c2CO)c1[N+](=O)[O-]. The van der Waals surface area contributed by atoms with Gasteiger partial charge in [0.1, 0.15) is 5.75 Å². The molecule has 0 heterocycles. The quantitative estimate of drug-likeness (QED) is 0.686. The summed E-state index contributed by atoms with van der Waals surface area (Å²) in [6, 6.07) is 9.68. The van der Waals surface area contributed by atoms with E-state index in [9.17, 15) is 15.2 Å². The zero-order valence-electron chi connectivity index (χ0n) is 10.7. The van der Waals surface area contributed by atoms with Gasteiger partial charge in [-0.05, 0) is 25.1 Å². The standard InChI is InChI=1S/C14H12ClNO4/c1-9-4-2-7-13(14(9)16(18)19)20-12-6-3-5-11(15)10(12)8-17/h2-7,17H,8H2,1H3. The van der Waals surface area contributed by atoms with Crippen molar-refractivity contribution < 1.29 is 14.8 Å². The largest absolute Gasteiger partial charge is 0.450 e. The van der Waals surface area contributed by atoms with Crippen molar-refractivity contribution in [3.05, 3.63) is 62.7 Å². The highest BCUT2D eigenvalue weighted by Gasteiger charge is 2.20. The maximum absolute atomic E-state index is 11.1. The number of aliphatic hydroxyl groups is 1. The first-order valence-corrected chi connectivity index (χ1v) is 6.22. The number of aliphatic hydroxyl groups excluding tert-OH is 1. The van der Waals surface area contributed by atoms with E-state index in [1.165, 1.54) is 6.07 Å². The highest BCUT2D eigenvalue weighted by Crippen LogP contribution is 2.36. The van der Waals surface area contributed by atoms with E-state index in [2.05, 4.69) is 0 Å². The minimum absolute atomic E-state index is 0.101. The summed E-state index contributed by atoms with van der Waals surface area (Å²) in [4.78, 5) is 10.6. The van der Waals surface area contributed by atoms with Crippen LogP contribution in [0.15, 0.2) is 36.4 Å². The van der Waals surface area contributed by atoms with Gasteiger partial charge in [0.15, 0.2) is 0 Å². The van der Waals surface area contributed by atoms with Crippen molar-refractivity contribution in [1.82, 2.24) is 0 Å². The summed E-state index contributed by atoms with van der Waals surface area (Å²) in [7, 11) is 0. The Labute approximate surface area is 120 Å². The molecule has 20 heavy (non-hydrogen) atoms. The summed E-state index contributed by atoms with van der Waals surface area (Å²) in [6.45, 7) is 1.32. The van der Waals surface area contributed by atoms with Crippen LogP contribution in [-0.4, -0.2) is 10.0 Å². The van der Waals surface area contributed by atoms with E-state index in [0.717, 1.165) is 0 Å². The number of ether oxygens (including phenoxy) is 1. The van der Waals surface area contributed by atoms with E-state index in [1.807, 2.05) is 0 Å². The molecule has 104 valence electrons. The molecule has 0 atom stereocenters. The molecule has 2 rings (SSSR count). The summed E-state index contributed by atoms with van der Waals surface area (Å²) in [6.07, 6.45) is 0. The molecule has 0 unspecified atom stereocenters. The molecule has 6 heteroatoms. The summed E-state index contributed by atoms with van der Waals surface area (Å²) < 4.78 is 5.57. The smallest absolute Gasteiger partial charge is 0.314 e. The third-order valence-electron chi connectivity index (χ3n) is 2.84. The Hall–Kier alpha value is -2.11. The van der Waals surface area contributed by atoms with E-state index in [1.54, 1.807) is 37.3 Å². The van der Waals surface area contributed by atoms with Gasteiger partial charge in [-0.15, -0.1) is 0 Å². The highest BCUT2D eigenvalue weighted by atomic mass is 35.5. The second-order valence-corrected chi connectivity index (χ2v) is 4.56. The summed E-state index contributed by atoms with van der Waals surface area (Å²) >= 11 is 5.96. The molecule has 0 spiro atoms. The number of nitro benzene ring substituents is 1.